The van der Waals surface area contributed by atoms with Gasteiger partial charge in [-0.2, -0.15) is 13.2 Å². The molecule has 0 fully saturated rings. The van der Waals surface area contributed by atoms with Crippen LogP contribution in [0.3, 0.4) is 0 Å². The molecule has 17 heavy (non-hydrogen) atoms. The SMILES string of the molecule is Cc1cccc(CBr)c1OCCCC(F)(F)F. The van der Waals surface area contributed by atoms with Crippen LogP contribution in [0.2, 0.25) is 0 Å². The van der Waals surface area contributed by atoms with E-state index in [1.165, 1.54) is 0 Å². The van der Waals surface area contributed by atoms with Crippen LogP contribution >= 0.6 is 15.9 Å². The third-order valence-corrected chi connectivity index (χ3v) is 2.89. The van der Waals surface area contributed by atoms with Gasteiger partial charge >= 0.3 is 6.18 Å². The Morgan fingerprint density at radius 2 is 2.00 bits per heavy atom. The topological polar surface area (TPSA) is 9.23 Å². The van der Waals surface area contributed by atoms with Gasteiger partial charge in [-0.05, 0) is 18.9 Å². The average molecular weight is 311 g/mol. The van der Waals surface area contributed by atoms with Gasteiger partial charge < -0.3 is 4.74 Å². The van der Waals surface area contributed by atoms with Crippen LogP contribution in [0.4, 0.5) is 13.2 Å². The first-order chi connectivity index (χ1) is 7.94. The number of ether oxygens (including phenoxy) is 1. The molecular weight excluding hydrogens is 297 g/mol. The molecule has 0 bridgehead atoms. The minimum atomic E-state index is -4.10. The molecule has 0 amide bonds. The van der Waals surface area contributed by atoms with E-state index in [4.69, 9.17) is 4.74 Å². The molecule has 0 atom stereocenters. The second kappa shape index (κ2) is 6.28. The molecule has 0 aliphatic carbocycles. The van der Waals surface area contributed by atoms with Crippen molar-refractivity contribution >= 4 is 15.9 Å². The number of para-hydroxylation sites is 1. The fourth-order valence-electron chi connectivity index (χ4n) is 1.47. The zero-order valence-corrected chi connectivity index (χ0v) is 11.1. The molecule has 0 saturated carbocycles. The molecule has 0 aliphatic rings. The summed E-state index contributed by atoms with van der Waals surface area (Å²) in [6.45, 7) is 1.97. The molecule has 0 spiro atoms. The molecule has 1 nitrogen and oxygen atoms in total. The van der Waals surface area contributed by atoms with Crippen molar-refractivity contribution in [3.8, 4) is 5.75 Å². The van der Waals surface area contributed by atoms with E-state index in [1.807, 2.05) is 25.1 Å². The molecule has 0 aliphatic heterocycles. The lowest BCUT2D eigenvalue weighted by molar-refractivity contribution is -0.136. The fourth-order valence-corrected chi connectivity index (χ4v) is 1.91. The molecule has 0 unspecified atom stereocenters. The molecule has 1 aromatic rings. The quantitative estimate of drug-likeness (QED) is 0.570. The highest BCUT2D eigenvalue weighted by molar-refractivity contribution is 9.08. The first-order valence-electron chi connectivity index (χ1n) is 5.28. The first kappa shape index (κ1) is 14.4. The minimum absolute atomic E-state index is 0.0143. The molecule has 0 aromatic heterocycles. The van der Waals surface area contributed by atoms with Crippen LogP contribution in [0.5, 0.6) is 5.75 Å². The summed E-state index contributed by atoms with van der Waals surface area (Å²) in [5.41, 5.74) is 1.89. The largest absolute Gasteiger partial charge is 0.493 e. The third kappa shape index (κ3) is 4.98. The van der Waals surface area contributed by atoms with Crippen molar-refractivity contribution in [3.05, 3.63) is 29.3 Å². The van der Waals surface area contributed by atoms with Crippen molar-refractivity contribution in [2.75, 3.05) is 6.61 Å². The number of hydrogen-bond donors (Lipinski definition) is 0. The molecule has 1 aromatic carbocycles. The molecule has 5 heteroatoms. The van der Waals surface area contributed by atoms with Gasteiger partial charge in [0.05, 0.1) is 6.61 Å². The zero-order chi connectivity index (χ0) is 12.9. The van der Waals surface area contributed by atoms with Crippen molar-refractivity contribution in [2.45, 2.75) is 31.3 Å². The highest BCUT2D eigenvalue weighted by Gasteiger charge is 2.26. The summed E-state index contributed by atoms with van der Waals surface area (Å²) in [6.07, 6.45) is -4.92. The van der Waals surface area contributed by atoms with Gasteiger partial charge in [-0.25, -0.2) is 0 Å². The summed E-state index contributed by atoms with van der Waals surface area (Å²) in [6, 6.07) is 5.67. The van der Waals surface area contributed by atoms with E-state index in [2.05, 4.69) is 15.9 Å². The normalized spacial score (nSPS) is 11.6. The smallest absolute Gasteiger partial charge is 0.389 e. The van der Waals surface area contributed by atoms with E-state index < -0.39 is 12.6 Å². The van der Waals surface area contributed by atoms with Crippen LogP contribution in [0, 0.1) is 6.92 Å². The number of rotatable bonds is 5. The summed E-state index contributed by atoms with van der Waals surface area (Å²) >= 11 is 3.32. The Hall–Kier alpha value is -0.710. The molecule has 1 rings (SSSR count). The maximum absolute atomic E-state index is 11.9. The van der Waals surface area contributed by atoms with Gasteiger partial charge in [-0.15, -0.1) is 0 Å². The van der Waals surface area contributed by atoms with Gasteiger partial charge in [0.2, 0.25) is 0 Å². The van der Waals surface area contributed by atoms with Crippen molar-refractivity contribution in [2.24, 2.45) is 0 Å². The standard InChI is InChI=1S/C12H14BrF3O/c1-9-4-2-5-10(8-13)11(9)17-7-3-6-12(14,15)16/h2,4-5H,3,6-8H2,1H3. The van der Waals surface area contributed by atoms with Crippen molar-refractivity contribution in [3.63, 3.8) is 0 Å². The van der Waals surface area contributed by atoms with Crippen LogP contribution in [-0.2, 0) is 5.33 Å². The van der Waals surface area contributed by atoms with E-state index in [0.717, 1.165) is 11.1 Å². The van der Waals surface area contributed by atoms with Crippen LogP contribution in [0.15, 0.2) is 18.2 Å². The van der Waals surface area contributed by atoms with Crippen LogP contribution < -0.4 is 4.74 Å². The molecule has 0 heterocycles. The zero-order valence-electron chi connectivity index (χ0n) is 9.48. The number of aryl methyl sites for hydroxylation is 1. The highest BCUT2D eigenvalue weighted by Crippen LogP contribution is 2.26. The molecule has 0 saturated heterocycles. The summed E-state index contributed by atoms with van der Waals surface area (Å²) in [4.78, 5) is 0. The molecule has 96 valence electrons. The summed E-state index contributed by atoms with van der Waals surface area (Å²) < 4.78 is 41.3. The Morgan fingerprint density at radius 1 is 1.29 bits per heavy atom. The van der Waals surface area contributed by atoms with E-state index in [0.29, 0.717) is 11.1 Å². The van der Waals surface area contributed by atoms with Crippen LogP contribution in [0.1, 0.15) is 24.0 Å². The van der Waals surface area contributed by atoms with Gasteiger partial charge in [-0.3, -0.25) is 0 Å². The number of hydrogen-bond acceptors (Lipinski definition) is 1. The predicted octanol–water partition coefficient (Wildman–Crippen LogP) is 4.61. The summed E-state index contributed by atoms with van der Waals surface area (Å²) in [5.74, 6) is 0.687. The number of alkyl halides is 4. The lowest BCUT2D eigenvalue weighted by Gasteiger charge is -2.13. The first-order valence-corrected chi connectivity index (χ1v) is 6.40. The maximum Gasteiger partial charge on any atom is 0.389 e. The van der Waals surface area contributed by atoms with E-state index >= 15 is 0 Å². The fraction of sp³-hybridized carbons (Fsp3) is 0.500. The Kier molecular flexibility index (Phi) is 5.31. The second-order valence-corrected chi connectivity index (χ2v) is 4.32. The number of benzene rings is 1. The molecule has 0 radical (unpaired) electrons. The lowest BCUT2D eigenvalue weighted by Crippen LogP contribution is -2.10. The Bertz CT molecular complexity index is 363. The summed E-state index contributed by atoms with van der Waals surface area (Å²) in [5, 5.41) is 0.628. The maximum atomic E-state index is 11.9. The predicted molar refractivity (Wildman–Crippen MR) is 64.6 cm³/mol. The Labute approximate surface area is 107 Å². The van der Waals surface area contributed by atoms with Gasteiger partial charge in [-0.1, -0.05) is 34.1 Å². The van der Waals surface area contributed by atoms with Crippen LogP contribution in [-0.4, -0.2) is 12.8 Å². The van der Waals surface area contributed by atoms with E-state index in [-0.39, 0.29) is 13.0 Å². The van der Waals surface area contributed by atoms with Crippen LogP contribution in [0.25, 0.3) is 0 Å². The Morgan fingerprint density at radius 3 is 2.59 bits per heavy atom. The minimum Gasteiger partial charge on any atom is -0.493 e. The molecule has 0 N–H and O–H groups in total. The van der Waals surface area contributed by atoms with Crippen molar-refractivity contribution in [1.29, 1.82) is 0 Å². The third-order valence-electron chi connectivity index (χ3n) is 2.29. The summed E-state index contributed by atoms with van der Waals surface area (Å²) in [7, 11) is 0. The second-order valence-electron chi connectivity index (χ2n) is 3.76. The monoisotopic (exact) mass is 310 g/mol. The van der Waals surface area contributed by atoms with Gasteiger partial charge in [0.1, 0.15) is 5.75 Å². The lowest BCUT2D eigenvalue weighted by atomic mass is 10.1. The highest BCUT2D eigenvalue weighted by atomic mass is 79.9. The molecular formula is C12H14BrF3O. The number of halogens is 4. The average Bonchev–Trinajstić information content (AvgIpc) is 2.24. The van der Waals surface area contributed by atoms with Gasteiger partial charge in [0.25, 0.3) is 0 Å². The Balaban J connectivity index is 2.52. The van der Waals surface area contributed by atoms with E-state index in [9.17, 15) is 13.2 Å². The van der Waals surface area contributed by atoms with Gasteiger partial charge in [0, 0.05) is 17.3 Å². The van der Waals surface area contributed by atoms with Crippen molar-refractivity contribution < 1.29 is 17.9 Å². The van der Waals surface area contributed by atoms with Crippen molar-refractivity contribution in [1.82, 2.24) is 0 Å². The van der Waals surface area contributed by atoms with Gasteiger partial charge in [0.15, 0.2) is 0 Å². The van der Waals surface area contributed by atoms with E-state index in [1.54, 1.807) is 0 Å².